The lowest BCUT2D eigenvalue weighted by atomic mass is 10.0. The van der Waals surface area contributed by atoms with Crippen molar-refractivity contribution in [1.82, 2.24) is 5.01 Å². The van der Waals surface area contributed by atoms with Gasteiger partial charge in [-0.15, -0.1) is 0 Å². The van der Waals surface area contributed by atoms with E-state index < -0.39 is 30.8 Å². The van der Waals surface area contributed by atoms with E-state index in [1.165, 1.54) is 24.3 Å². The average Bonchev–Trinajstić information content (AvgIpc) is 3.01. The monoisotopic (exact) mass is 398 g/mol. The highest BCUT2D eigenvalue weighted by atomic mass is 35.5. The van der Waals surface area contributed by atoms with E-state index in [1.807, 2.05) is 0 Å². The van der Waals surface area contributed by atoms with Crippen LogP contribution in [-0.2, 0) is 4.79 Å². The van der Waals surface area contributed by atoms with E-state index in [-0.39, 0.29) is 16.5 Å². The van der Waals surface area contributed by atoms with Crippen LogP contribution in [0.1, 0.15) is 12.0 Å². The van der Waals surface area contributed by atoms with Crippen molar-refractivity contribution >= 4 is 23.2 Å². The number of benzene rings is 2. The zero-order valence-corrected chi connectivity index (χ0v) is 14.5. The number of nitrogens with zero attached hydrogens (tertiary/aromatic N) is 2. The van der Waals surface area contributed by atoms with E-state index in [1.54, 1.807) is 30.3 Å². The van der Waals surface area contributed by atoms with Crippen LogP contribution in [0.2, 0.25) is 5.02 Å². The van der Waals surface area contributed by atoms with Gasteiger partial charge in [-0.3, -0.25) is 4.79 Å². The molecule has 2 aromatic rings. The second-order valence-electron chi connectivity index (χ2n) is 5.85. The van der Waals surface area contributed by atoms with Crippen LogP contribution in [0.4, 0.5) is 13.2 Å². The standard InChI is InChI=1S/C18H14ClF3N2O3/c19-13-6-8-14(9-7-13)27-11-16(25)24-17(26,18(20,21)22)10-15(23-24)12-4-2-1-3-5-12/h1-9,26H,10-11H2. The highest BCUT2D eigenvalue weighted by Crippen LogP contribution is 2.41. The van der Waals surface area contributed by atoms with Crippen LogP contribution in [0.5, 0.6) is 5.75 Å². The molecule has 0 spiro atoms. The predicted octanol–water partition coefficient (Wildman–Crippen LogP) is 3.61. The lowest BCUT2D eigenvalue weighted by Gasteiger charge is -2.32. The first-order valence-electron chi connectivity index (χ1n) is 7.84. The molecule has 1 N–H and O–H groups in total. The molecule has 0 saturated carbocycles. The maximum atomic E-state index is 13.5. The molecule has 0 aromatic heterocycles. The minimum absolute atomic E-state index is 0.0460. The van der Waals surface area contributed by atoms with Gasteiger partial charge in [-0.1, -0.05) is 41.9 Å². The van der Waals surface area contributed by atoms with Crippen LogP contribution in [0, 0.1) is 0 Å². The van der Waals surface area contributed by atoms with Gasteiger partial charge in [0.05, 0.1) is 12.1 Å². The second kappa shape index (κ2) is 7.21. The van der Waals surface area contributed by atoms with Crippen LogP contribution in [-0.4, -0.2) is 40.2 Å². The van der Waals surface area contributed by atoms with Gasteiger partial charge in [-0.2, -0.15) is 23.3 Å². The molecule has 142 valence electrons. The molecule has 1 heterocycles. The molecule has 1 unspecified atom stereocenters. The Bertz CT molecular complexity index is 856. The summed E-state index contributed by atoms with van der Waals surface area (Å²) in [6.45, 7) is -0.731. The van der Waals surface area contributed by atoms with Gasteiger partial charge < -0.3 is 9.84 Å². The molecule has 9 heteroatoms. The van der Waals surface area contributed by atoms with Crippen LogP contribution >= 0.6 is 11.6 Å². The normalized spacial score (nSPS) is 19.7. The van der Waals surface area contributed by atoms with Gasteiger partial charge in [0.2, 0.25) is 0 Å². The lowest BCUT2D eigenvalue weighted by Crippen LogP contribution is -2.57. The highest BCUT2D eigenvalue weighted by Gasteiger charge is 2.63. The van der Waals surface area contributed by atoms with Crippen LogP contribution in [0.25, 0.3) is 0 Å². The van der Waals surface area contributed by atoms with E-state index in [9.17, 15) is 23.1 Å². The smallest absolute Gasteiger partial charge is 0.438 e. The molecular formula is C18H14ClF3N2O3. The first-order chi connectivity index (χ1) is 12.7. The number of amides is 1. The number of alkyl halides is 3. The van der Waals surface area contributed by atoms with Crippen LogP contribution in [0.15, 0.2) is 59.7 Å². The van der Waals surface area contributed by atoms with Crippen molar-refractivity contribution in [2.45, 2.75) is 18.3 Å². The SMILES string of the molecule is O=C(COc1ccc(Cl)cc1)N1N=C(c2ccccc2)CC1(O)C(F)(F)F. The fourth-order valence-electron chi connectivity index (χ4n) is 2.56. The summed E-state index contributed by atoms with van der Waals surface area (Å²) in [4.78, 5) is 12.3. The average molecular weight is 399 g/mol. The number of carbonyl (C=O) groups excluding carboxylic acids is 1. The van der Waals surface area contributed by atoms with Crippen LogP contribution < -0.4 is 4.74 Å². The Morgan fingerprint density at radius 3 is 2.41 bits per heavy atom. The Kier molecular flexibility index (Phi) is 5.12. The summed E-state index contributed by atoms with van der Waals surface area (Å²) in [6, 6.07) is 14.0. The minimum Gasteiger partial charge on any atom is -0.484 e. The predicted molar refractivity (Wildman–Crippen MR) is 92.4 cm³/mol. The molecule has 0 radical (unpaired) electrons. The summed E-state index contributed by atoms with van der Waals surface area (Å²) < 4.78 is 45.6. The molecule has 1 aliphatic heterocycles. The maximum absolute atomic E-state index is 13.5. The first kappa shape index (κ1) is 19.2. The van der Waals surface area contributed by atoms with Crippen molar-refractivity contribution in [3.05, 3.63) is 65.2 Å². The van der Waals surface area contributed by atoms with Gasteiger partial charge in [-0.05, 0) is 29.8 Å². The second-order valence-corrected chi connectivity index (χ2v) is 6.29. The van der Waals surface area contributed by atoms with Gasteiger partial charge in [0.25, 0.3) is 11.6 Å². The summed E-state index contributed by atoms with van der Waals surface area (Å²) in [5.41, 5.74) is -3.09. The van der Waals surface area contributed by atoms with E-state index in [2.05, 4.69) is 5.10 Å². The molecule has 2 aromatic carbocycles. The summed E-state index contributed by atoms with van der Waals surface area (Å²) >= 11 is 5.73. The summed E-state index contributed by atoms with van der Waals surface area (Å²) in [5.74, 6) is -0.884. The molecular weight excluding hydrogens is 385 g/mol. The topological polar surface area (TPSA) is 62.1 Å². The maximum Gasteiger partial charge on any atom is 0.438 e. The number of aliphatic hydroxyl groups is 1. The quantitative estimate of drug-likeness (QED) is 0.856. The van der Waals surface area contributed by atoms with E-state index >= 15 is 0 Å². The summed E-state index contributed by atoms with van der Waals surface area (Å²) in [7, 11) is 0. The molecule has 0 fully saturated rings. The third-order valence-electron chi connectivity index (χ3n) is 3.96. The number of halogens is 4. The molecule has 1 amide bonds. The third-order valence-corrected chi connectivity index (χ3v) is 4.21. The number of hydrazone groups is 1. The number of hydrogen-bond donors (Lipinski definition) is 1. The van der Waals surface area contributed by atoms with Crippen molar-refractivity contribution in [1.29, 1.82) is 0 Å². The Morgan fingerprint density at radius 1 is 1.19 bits per heavy atom. The van der Waals surface area contributed by atoms with Crippen molar-refractivity contribution < 1.29 is 27.8 Å². The van der Waals surface area contributed by atoms with Gasteiger partial charge in [0.1, 0.15) is 5.75 Å². The number of carbonyl (C=O) groups is 1. The molecule has 1 atom stereocenters. The molecule has 27 heavy (non-hydrogen) atoms. The van der Waals surface area contributed by atoms with Gasteiger partial charge in [0, 0.05) is 5.02 Å². The Balaban J connectivity index is 1.83. The van der Waals surface area contributed by atoms with Gasteiger partial charge in [0.15, 0.2) is 6.61 Å². The molecule has 0 saturated heterocycles. The number of rotatable bonds is 4. The highest BCUT2D eigenvalue weighted by molar-refractivity contribution is 6.30. The van der Waals surface area contributed by atoms with E-state index in [0.717, 1.165) is 0 Å². The fourth-order valence-corrected chi connectivity index (χ4v) is 2.68. The Labute approximate surface area is 157 Å². The van der Waals surface area contributed by atoms with Crippen molar-refractivity contribution in [3.63, 3.8) is 0 Å². The summed E-state index contributed by atoms with van der Waals surface area (Å²) in [6.07, 6.45) is -5.96. The Morgan fingerprint density at radius 2 is 1.81 bits per heavy atom. The van der Waals surface area contributed by atoms with Crippen molar-refractivity contribution in [3.8, 4) is 5.75 Å². The van der Waals surface area contributed by atoms with Gasteiger partial charge >= 0.3 is 6.18 Å². The molecule has 0 aliphatic carbocycles. The largest absolute Gasteiger partial charge is 0.484 e. The van der Waals surface area contributed by atoms with Gasteiger partial charge in [-0.25, -0.2) is 0 Å². The summed E-state index contributed by atoms with van der Waals surface area (Å²) in [5, 5.41) is 14.4. The molecule has 3 rings (SSSR count). The van der Waals surface area contributed by atoms with E-state index in [4.69, 9.17) is 16.3 Å². The first-order valence-corrected chi connectivity index (χ1v) is 8.22. The lowest BCUT2D eigenvalue weighted by molar-refractivity contribution is -0.302. The van der Waals surface area contributed by atoms with Crippen molar-refractivity contribution in [2.24, 2.45) is 5.10 Å². The number of ether oxygens (including phenoxy) is 1. The minimum atomic E-state index is -5.09. The Hall–Kier alpha value is -2.58. The zero-order valence-electron chi connectivity index (χ0n) is 13.8. The number of hydrogen-bond acceptors (Lipinski definition) is 4. The zero-order chi connectivity index (χ0) is 19.7. The van der Waals surface area contributed by atoms with Crippen LogP contribution in [0.3, 0.4) is 0 Å². The molecule has 0 bridgehead atoms. The fraction of sp³-hybridized carbons (Fsp3) is 0.222. The third kappa shape index (κ3) is 3.91. The van der Waals surface area contributed by atoms with Crippen molar-refractivity contribution in [2.75, 3.05) is 6.61 Å². The van der Waals surface area contributed by atoms with E-state index in [0.29, 0.717) is 10.6 Å². The molecule has 1 aliphatic rings. The molecule has 5 nitrogen and oxygen atoms in total.